The van der Waals surface area contributed by atoms with Crippen LogP contribution in [0.5, 0.6) is 5.75 Å². The highest BCUT2D eigenvalue weighted by atomic mass is 19.3. The van der Waals surface area contributed by atoms with Gasteiger partial charge >= 0.3 is 6.11 Å². The van der Waals surface area contributed by atoms with Crippen LogP contribution < -0.4 is 4.74 Å². The van der Waals surface area contributed by atoms with Crippen molar-refractivity contribution in [2.75, 3.05) is 0 Å². The van der Waals surface area contributed by atoms with Crippen LogP contribution in [0.1, 0.15) is 75.3 Å². The van der Waals surface area contributed by atoms with E-state index in [0.717, 1.165) is 36.5 Å². The molecule has 1 saturated carbocycles. The maximum absolute atomic E-state index is 15.1. The normalized spacial score (nSPS) is 18.3. The van der Waals surface area contributed by atoms with Crippen molar-refractivity contribution in [3.63, 3.8) is 0 Å². The van der Waals surface area contributed by atoms with Gasteiger partial charge in [0.2, 0.25) is 0 Å². The highest BCUT2D eigenvalue weighted by Gasteiger charge is 2.35. The first-order chi connectivity index (χ1) is 17.3. The lowest BCUT2D eigenvalue weighted by Gasteiger charge is -2.29. The Balaban J connectivity index is 1.46. The summed E-state index contributed by atoms with van der Waals surface area (Å²) >= 11 is 0. The lowest BCUT2D eigenvalue weighted by molar-refractivity contribution is -0.185. The van der Waals surface area contributed by atoms with Crippen LogP contribution >= 0.6 is 0 Å². The van der Waals surface area contributed by atoms with Gasteiger partial charge in [-0.3, -0.25) is 0 Å². The Morgan fingerprint density at radius 1 is 0.833 bits per heavy atom. The first-order valence-corrected chi connectivity index (χ1v) is 12.7. The third-order valence-electron chi connectivity index (χ3n) is 7.20. The fourth-order valence-corrected chi connectivity index (χ4v) is 5.12. The minimum absolute atomic E-state index is 0.0299. The molecule has 192 valence electrons. The van der Waals surface area contributed by atoms with Gasteiger partial charge in [-0.05, 0) is 79.0 Å². The molecule has 0 N–H and O–H groups in total. The molecule has 0 radical (unpaired) electrons. The van der Waals surface area contributed by atoms with Gasteiger partial charge < -0.3 is 4.74 Å². The molecule has 1 fully saturated rings. The average Bonchev–Trinajstić information content (AvgIpc) is 2.88. The molecule has 0 spiro atoms. The molecule has 4 rings (SSSR count). The third-order valence-corrected chi connectivity index (χ3v) is 7.20. The summed E-state index contributed by atoms with van der Waals surface area (Å²) in [4.78, 5) is 0. The zero-order valence-electron chi connectivity index (χ0n) is 20.4. The Kier molecular flexibility index (Phi) is 8.32. The number of halogens is 5. The van der Waals surface area contributed by atoms with E-state index in [4.69, 9.17) is 4.74 Å². The Bertz CT molecular complexity index is 1130. The SMILES string of the molecule is CCCCCC1CCC(c2ccc(C(F)(F)Oc3ccccc3-c3cc(F)c(F)c(F)c3)cc2)CC1. The molecule has 36 heavy (non-hydrogen) atoms. The van der Waals surface area contributed by atoms with Crippen molar-refractivity contribution in [1.29, 1.82) is 0 Å². The maximum atomic E-state index is 15.1. The zero-order chi connectivity index (χ0) is 25.7. The summed E-state index contributed by atoms with van der Waals surface area (Å²) in [5.41, 5.74) is 0.672. The lowest BCUT2D eigenvalue weighted by atomic mass is 9.77. The summed E-state index contributed by atoms with van der Waals surface area (Å²) in [6, 6.07) is 13.4. The van der Waals surface area contributed by atoms with Crippen LogP contribution in [0.4, 0.5) is 22.0 Å². The van der Waals surface area contributed by atoms with E-state index in [2.05, 4.69) is 6.92 Å². The second-order valence-electron chi connectivity index (χ2n) is 9.70. The second-order valence-corrected chi connectivity index (χ2v) is 9.70. The molecule has 0 unspecified atom stereocenters. The third kappa shape index (κ3) is 6.08. The van der Waals surface area contributed by atoms with E-state index in [1.807, 2.05) is 0 Å². The van der Waals surface area contributed by atoms with E-state index >= 15 is 8.78 Å². The smallest absolute Gasteiger partial charge is 0.426 e. The van der Waals surface area contributed by atoms with Crippen LogP contribution in [-0.4, -0.2) is 0 Å². The number of hydrogen-bond acceptors (Lipinski definition) is 1. The van der Waals surface area contributed by atoms with Crippen LogP contribution in [0.3, 0.4) is 0 Å². The monoisotopic (exact) mass is 502 g/mol. The maximum Gasteiger partial charge on any atom is 0.426 e. The van der Waals surface area contributed by atoms with Gasteiger partial charge in [0.25, 0.3) is 0 Å². The average molecular weight is 503 g/mol. The number of rotatable bonds is 9. The summed E-state index contributed by atoms with van der Waals surface area (Å²) in [5, 5.41) is 0. The predicted octanol–water partition coefficient (Wildman–Crippen LogP) is 9.75. The van der Waals surface area contributed by atoms with Crippen molar-refractivity contribution in [1.82, 2.24) is 0 Å². The van der Waals surface area contributed by atoms with E-state index in [1.165, 1.54) is 74.9 Å². The number of unbranched alkanes of at least 4 members (excludes halogenated alkanes) is 2. The van der Waals surface area contributed by atoms with Crippen molar-refractivity contribution < 1.29 is 26.7 Å². The topological polar surface area (TPSA) is 9.23 Å². The minimum Gasteiger partial charge on any atom is -0.428 e. The van der Waals surface area contributed by atoms with E-state index in [9.17, 15) is 13.2 Å². The summed E-state index contributed by atoms with van der Waals surface area (Å²) in [6.45, 7) is 2.21. The zero-order valence-corrected chi connectivity index (χ0v) is 20.4. The molecule has 0 bridgehead atoms. The van der Waals surface area contributed by atoms with Crippen molar-refractivity contribution in [3.05, 3.63) is 89.2 Å². The standard InChI is InChI=1S/C30H31F5O/c1-2-3-4-7-20-10-12-21(13-11-20)22-14-16-24(17-15-22)30(34,35)36-28-9-6-5-8-25(28)23-18-26(31)29(33)27(32)19-23/h5-6,8-9,14-21H,2-4,7,10-13H2,1H3. The molecule has 1 aliphatic carbocycles. The number of hydrogen-bond donors (Lipinski definition) is 0. The molecule has 6 heteroatoms. The van der Waals surface area contributed by atoms with Crippen LogP contribution in [0, 0.1) is 23.4 Å². The van der Waals surface area contributed by atoms with Gasteiger partial charge in [-0.15, -0.1) is 0 Å². The van der Waals surface area contributed by atoms with Gasteiger partial charge in [0.15, 0.2) is 17.5 Å². The quantitative estimate of drug-likeness (QED) is 0.161. The summed E-state index contributed by atoms with van der Waals surface area (Å²) in [6.07, 6.45) is 5.88. The first kappa shape index (κ1) is 26.2. The molecule has 0 aliphatic heterocycles. The molecule has 1 nitrogen and oxygen atoms in total. The Labute approximate surface area is 209 Å². The van der Waals surface area contributed by atoms with Crippen molar-refractivity contribution in [2.45, 2.75) is 70.3 Å². The van der Waals surface area contributed by atoms with Gasteiger partial charge in [0, 0.05) is 5.56 Å². The van der Waals surface area contributed by atoms with E-state index in [1.54, 1.807) is 12.1 Å². The van der Waals surface area contributed by atoms with Crippen LogP contribution in [-0.2, 0) is 6.11 Å². The van der Waals surface area contributed by atoms with Gasteiger partial charge in [-0.1, -0.05) is 62.9 Å². The number of para-hydroxylation sites is 1. The van der Waals surface area contributed by atoms with E-state index in [0.29, 0.717) is 5.92 Å². The molecule has 3 aromatic carbocycles. The minimum atomic E-state index is -3.68. The Morgan fingerprint density at radius 3 is 2.11 bits per heavy atom. The number of ether oxygens (including phenoxy) is 1. The van der Waals surface area contributed by atoms with Gasteiger partial charge in [0.1, 0.15) is 5.75 Å². The molecule has 0 atom stereocenters. The number of alkyl halides is 2. The van der Waals surface area contributed by atoms with E-state index < -0.39 is 23.6 Å². The van der Waals surface area contributed by atoms with Crippen molar-refractivity contribution in [3.8, 4) is 16.9 Å². The molecule has 3 aromatic rings. The first-order valence-electron chi connectivity index (χ1n) is 12.7. The van der Waals surface area contributed by atoms with Gasteiger partial charge in [0.05, 0.1) is 5.56 Å². The summed E-state index contributed by atoms with van der Waals surface area (Å²) < 4.78 is 76.1. The van der Waals surface area contributed by atoms with Crippen molar-refractivity contribution in [2.24, 2.45) is 5.92 Å². The van der Waals surface area contributed by atoms with E-state index in [-0.39, 0.29) is 22.4 Å². The van der Waals surface area contributed by atoms with Crippen LogP contribution in [0.25, 0.3) is 11.1 Å². The molecule has 0 aromatic heterocycles. The highest BCUT2D eigenvalue weighted by molar-refractivity contribution is 5.70. The van der Waals surface area contributed by atoms with Crippen molar-refractivity contribution >= 4 is 0 Å². The molecule has 0 saturated heterocycles. The molecular formula is C30H31F5O. The summed E-state index contributed by atoms with van der Waals surface area (Å²) in [7, 11) is 0. The fraction of sp³-hybridized carbons (Fsp3) is 0.400. The lowest BCUT2D eigenvalue weighted by Crippen LogP contribution is -2.22. The molecule has 0 heterocycles. The molecular weight excluding hydrogens is 471 g/mol. The predicted molar refractivity (Wildman–Crippen MR) is 132 cm³/mol. The number of benzene rings is 3. The van der Waals surface area contributed by atoms with Gasteiger partial charge in [-0.2, -0.15) is 8.78 Å². The fourth-order valence-electron chi connectivity index (χ4n) is 5.12. The van der Waals surface area contributed by atoms with Gasteiger partial charge in [-0.25, -0.2) is 13.2 Å². The highest BCUT2D eigenvalue weighted by Crippen LogP contribution is 2.40. The molecule has 0 amide bonds. The van der Waals surface area contributed by atoms with Crippen LogP contribution in [0.15, 0.2) is 60.7 Å². The summed E-state index contributed by atoms with van der Waals surface area (Å²) in [5.74, 6) is -3.55. The largest absolute Gasteiger partial charge is 0.428 e. The Morgan fingerprint density at radius 2 is 1.47 bits per heavy atom. The Hall–Kier alpha value is -2.89. The molecule has 1 aliphatic rings. The second kappa shape index (κ2) is 11.4. The van der Waals surface area contributed by atoms with Crippen LogP contribution in [0.2, 0.25) is 0 Å².